The van der Waals surface area contributed by atoms with Gasteiger partial charge in [0.25, 0.3) is 0 Å². The second-order valence-corrected chi connectivity index (χ2v) is 16.7. The fourth-order valence-corrected chi connectivity index (χ4v) is 7.13. The minimum atomic E-state index is -3.55. The van der Waals surface area contributed by atoms with E-state index in [1.54, 1.807) is 24.3 Å². The van der Waals surface area contributed by atoms with E-state index in [-0.39, 0.29) is 45.7 Å². The van der Waals surface area contributed by atoms with Crippen molar-refractivity contribution in [2.45, 2.75) is 88.8 Å². The molecule has 0 saturated heterocycles. The average Bonchev–Trinajstić information content (AvgIpc) is 3.64. The SMILES string of the molecule is CCCCCCCCCCCCOC(=O)c1ccc(Cl)c(NC(=O)C(SC2=NN=NC2CC(=O)Oc2cccc(NNS(C)(=O)=O)c2)C(=O)c2ccc(OC)cc2)c1. The molecule has 0 fully saturated rings. The zero-order valence-corrected chi connectivity index (χ0v) is 35.1. The van der Waals surface area contributed by atoms with Crippen molar-refractivity contribution in [2.24, 2.45) is 15.4 Å². The lowest BCUT2D eigenvalue weighted by Crippen LogP contribution is -2.35. The third kappa shape index (κ3) is 15.5. The quantitative estimate of drug-likeness (QED) is 0.0195. The molecule has 1 heterocycles. The van der Waals surface area contributed by atoms with E-state index in [1.165, 1.54) is 88.1 Å². The first-order chi connectivity index (χ1) is 27.9. The van der Waals surface area contributed by atoms with Gasteiger partial charge in [-0.3, -0.25) is 14.4 Å². The molecule has 312 valence electrons. The van der Waals surface area contributed by atoms with Crippen LogP contribution >= 0.6 is 23.4 Å². The predicted octanol–water partition coefficient (Wildman–Crippen LogP) is 8.37. The molecule has 0 aliphatic carbocycles. The highest BCUT2D eigenvalue weighted by molar-refractivity contribution is 8.15. The molecule has 0 radical (unpaired) electrons. The van der Waals surface area contributed by atoms with Crippen molar-refractivity contribution in [1.82, 2.24) is 4.83 Å². The molecule has 0 spiro atoms. The van der Waals surface area contributed by atoms with E-state index in [0.717, 1.165) is 43.7 Å². The lowest BCUT2D eigenvalue weighted by atomic mass is 10.1. The number of anilines is 2. The maximum atomic E-state index is 14.0. The zero-order valence-electron chi connectivity index (χ0n) is 32.7. The monoisotopic (exact) mass is 856 g/mol. The number of benzene rings is 3. The fraction of sp³-hybridized carbons (Fsp3) is 0.425. The summed E-state index contributed by atoms with van der Waals surface area (Å²) in [5.41, 5.74) is 3.25. The summed E-state index contributed by atoms with van der Waals surface area (Å²) in [5.74, 6) is -2.09. The Kier molecular flexibility index (Phi) is 18.6. The van der Waals surface area contributed by atoms with E-state index in [0.29, 0.717) is 11.4 Å². The lowest BCUT2D eigenvalue weighted by Gasteiger charge is -2.18. The number of hydrazine groups is 1. The predicted molar refractivity (Wildman–Crippen MR) is 225 cm³/mol. The van der Waals surface area contributed by atoms with Crippen LogP contribution < -0.4 is 25.0 Å². The van der Waals surface area contributed by atoms with Gasteiger partial charge in [-0.15, -0.1) is 9.93 Å². The van der Waals surface area contributed by atoms with Crippen LogP contribution in [0.1, 0.15) is 98.3 Å². The van der Waals surface area contributed by atoms with Gasteiger partial charge >= 0.3 is 11.9 Å². The minimum absolute atomic E-state index is 0.0829. The van der Waals surface area contributed by atoms with Gasteiger partial charge in [0.05, 0.1) is 48.4 Å². The second kappa shape index (κ2) is 23.5. The smallest absolute Gasteiger partial charge is 0.338 e. The number of carbonyl (C=O) groups excluding carboxylic acids is 4. The maximum Gasteiger partial charge on any atom is 0.338 e. The molecule has 58 heavy (non-hydrogen) atoms. The summed E-state index contributed by atoms with van der Waals surface area (Å²) in [6, 6.07) is 15.5. The Morgan fingerprint density at radius 3 is 2.21 bits per heavy atom. The van der Waals surface area contributed by atoms with Gasteiger partial charge in [0.15, 0.2) is 11.0 Å². The molecule has 3 N–H and O–H groups in total. The van der Waals surface area contributed by atoms with Gasteiger partial charge in [-0.25, -0.2) is 13.2 Å². The van der Waals surface area contributed by atoms with Crippen LogP contribution in [0.5, 0.6) is 11.5 Å². The van der Waals surface area contributed by atoms with Crippen molar-refractivity contribution in [2.75, 3.05) is 30.7 Å². The normalized spacial score (nSPS) is 14.0. The molecular weight excluding hydrogens is 808 g/mol. The number of hydrogen-bond donors (Lipinski definition) is 3. The van der Waals surface area contributed by atoms with E-state index in [2.05, 4.69) is 37.9 Å². The zero-order chi connectivity index (χ0) is 41.9. The molecule has 0 bridgehead atoms. The van der Waals surface area contributed by atoms with Gasteiger partial charge in [0, 0.05) is 11.6 Å². The van der Waals surface area contributed by atoms with Gasteiger partial charge in [0.1, 0.15) is 22.6 Å². The highest BCUT2D eigenvalue weighted by Crippen LogP contribution is 2.30. The van der Waals surface area contributed by atoms with Crippen LogP contribution in [-0.2, 0) is 24.3 Å². The number of unbranched alkanes of at least 4 members (excludes halogenated alkanes) is 9. The molecule has 4 rings (SSSR count). The second-order valence-electron chi connectivity index (χ2n) is 13.5. The van der Waals surface area contributed by atoms with Gasteiger partial charge in [0.2, 0.25) is 15.9 Å². The van der Waals surface area contributed by atoms with Crippen LogP contribution in [0.3, 0.4) is 0 Å². The van der Waals surface area contributed by atoms with E-state index in [4.69, 9.17) is 25.8 Å². The van der Waals surface area contributed by atoms with Gasteiger partial charge in [-0.2, -0.15) is 5.11 Å². The number of halogens is 1. The average molecular weight is 857 g/mol. The standard InChI is InChI=1S/C40H49ClN6O9S2/c1-4-5-6-7-8-9-10-11-12-13-23-55-40(51)28-19-22-32(41)33(24-28)42-38(50)37(36(49)27-17-20-30(54-2)21-18-27)57-39-34(44-46-45-39)26-35(48)56-31-16-14-15-29(25-31)43-47-58(3,52)53/h14-22,24-25,34,37,43,47H,4-13,23,26H2,1-3H3,(H,42,50). The first kappa shape index (κ1) is 45.9. The van der Waals surface area contributed by atoms with Crippen molar-refractivity contribution < 1.29 is 41.8 Å². The Hall–Kier alpha value is -4.84. The molecule has 3 aromatic rings. The molecule has 1 aliphatic heterocycles. The number of nitrogens with one attached hydrogen (secondary N) is 3. The number of amides is 1. The summed E-state index contributed by atoms with van der Waals surface area (Å²) in [5, 5.41) is 13.1. The van der Waals surface area contributed by atoms with Crippen LogP contribution in [0.2, 0.25) is 5.02 Å². The number of nitrogens with zero attached hydrogens (tertiary/aromatic N) is 3. The van der Waals surface area contributed by atoms with Gasteiger partial charge < -0.3 is 25.0 Å². The molecule has 3 aromatic carbocycles. The van der Waals surface area contributed by atoms with Crippen LogP contribution in [0.4, 0.5) is 11.4 Å². The Balaban J connectivity index is 1.39. The van der Waals surface area contributed by atoms with Crippen LogP contribution in [0.25, 0.3) is 0 Å². The van der Waals surface area contributed by atoms with Crippen LogP contribution in [0, 0.1) is 0 Å². The number of Topliss-reactive ketones (excluding diaryl/α,β-unsaturated/α-hetero) is 1. The van der Waals surface area contributed by atoms with Crippen molar-refractivity contribution in [3.63, 3.8) is 0 Å². The number of ketones is 1. The Bertz CT molecular complexity index is 2050. The molecule has 0 saturated carbocycles. The Morgan fingerprint density at radius 1 is 0.862 bits per heavy atom. The summed E-state index contributed by atoms with van der Waals surface area (Å²) < 4.78 is 39.0. The van der Waals surface area contributed by atoms with Crippen molar-refractivity contribution in [3.05, 3.63) is 82.9 Å². The molecule has 2 atom stereocenters. The van der Waals surface area contributed by atoms with E-state index < -0.39 is 44.9 Å². The molecular formula is C40H49ClN6O9S2. The van der Waals surface area contributed by atoms with E-state index >= 15 is 0 Å². The Labute approximate surface area is 348 Å². The molecule has 0 aromatic heterocycles. The number of carbonyl (C=O) groups is 4. The number of rotatable bonds is 24. The van der Waals surface area contributed by atoms with Gasteiger partial charge in [-0.05, 0) is 66.2 Å². The molecule has 2 unspecified atom stereocenters. The number of methoxy groups -OCH3 is 1. The minimum Gasteiger partial charge on any atom is -0.497 e. The van der Waals surface area contributed by atoms with Crippen molar-refractivity contribution >= 4 is 73.4 Å². The number of sulfonamides is 1. The third-order valence-corrected chi connectivity index (χ3v) is 10.8. The van der Waals surface area contributed by atoms with Gasteiger partial charge in [-0.1, -0.05) is 94.1 Å². The largest absolute Gasteiger partial charge is 0.497 e. The lowest BCUT2D eigenvalue weighted by molar-refractivity contribution is -0.134. The van der Waals surface area contributed by atoms with Crippen molar-refractivity contribution in [1.29, 1.82) is 0 Å². The summed E-state index contributed by atoms with van der Waals surface area (Å²) in [6.45, 7) is 2.47. The number of esters is 2. The summed E-state index contributed by atoms with van der Waals surface area (Å²) >= 11 is 7.21. The fourth-order valence-electron chi connectivity index (χ4n) is 5.64. The summed E-state index contributed by atoms with van der Waals surface area (Å²) in [7, 11) is -2.07. The summed E-state index contributed by atoms with van der Waals surface area (Å²) in [6.07, 6.45) is 12.1. The highest BCUT2D eigenvalue weighted by Gasteiger charge is 2.35. The molecule has 1 amide bonds. The number of thioether (sulfide) groups is 1. The maximum absolute atomic E-state index is 14.0. The molecule has 15 nitrogen and oxygen atoms in total. The third-order valence-electron chi connectivity index (χ3n) is 8.71. The first-order valence-corrected chi connectivity index (χ1v) is 22.2. The van der Waals surface area contributed by atoms with E-state index in [9.17, 15) is 27.6 Å². The summed E-state index contributed by atoms with van der Waals surface area (Å²) in [4.78, 5) is 56.0. The van der Waals surface area contributed by atoms with Crippen LogP contribution in [-0.4, -0.2) is 68.4 Å². The number of ether oxygens (including phenoxy) is 3. The Morgan fingerprint density at radius 2 is 1.53 bits per heavy atom. The number of hydrogen-bond acceptors (Lipinski definition) is 14. The van der Waals surface area contributed by atoms with Crippen molar-refractivity contribution in [3.8, 4) is 11.5 Å². The molecule has 18 heteroatoms. The van der Waals surface area contributed by atoms with Crippen LogP contribution in [0.15, 0.2) is 82.2 Å². The molecule has 1 aliphatic rings. The topological polar surface area (TPSA) is 203 Å². The van der Waals surface area contributed by atoms with E-state index in [1.807, 2.05) is 0 Å². The highest BCUT2D eigenvalue weighted by atomic mass is 35.5. The first-order valence-electron chi connectivity index (χ1n) is 19.0.